The Morgan fingerprint density at radius 3 is 2.58 bits per heavy atom. The zero-order chi connectivity index (χ0) is 48.7. The van der Waals surface area contributed by atoms with E-state index in [-0.39, 0.29) is 36.7 Å². The van der Waals surface area contributed by atoms with Crippen molar-refractivity contribution < 1.29 is 28.6 Å². The molecule has 2 amide bonds. The molecule has 14 nitrogen and oxygen atoms in total. The summed E-state index contributed by atoms with van der Waals surface area (Å²) in [5.74, 6) is 0.0522. The zero-order valence-corrected chi connectivity index (χ0v) is 41.3. The molecular weight excluding hydrogens is 869 g/mol. The first-order valence-corrected chi connectivity index (χ1v) is 24.6. The van der Waals surface area contributed by atoms with Crippen molar-refractivity contribution in [2.24, 2.45) is 27.2 Å². The number of piperidine rings is 1. The number of aryl methyl sites for hydroxylation is 1. The minimum Gasteiger partial charge on any atom is -0.497 e. The van der Waals surface area contributed by atoms with Gasteiger partial charge in [0.25, 0.3) is 5.91 Å². The van der Waals surface area contributed by atoms with Crippen LogP contribution in [0.2, 0.25) is 0 Å². The molecule has 6 bridgehead atoms. The first-order valence-electron chi connectivity index (χ1n) is 24.6. The van der Waals surface area contributed by atoms with E-state index in [1.54, 1.807) is 20.4 Å². The topological polar surface area (TPSA) is 152 Å². The number of fused-ring (bicyclic) bond motifs is 6. The van der Waals surface area contributed by atoms with Crippen LogP contribution in [0.15, 0.2) is 95.2 Å². The molecule has 0 aliphatic carbocycles. The number of amides is 2. The molecule has 2 N–H and O–H groups in total. The van der Waals surface area contributed by atoms with Gasteiger partial charge >= 0.3 is 5.97 Å². The summed E-state index contributed by atoms with van der Waals surface area (Å²) in [5.41, 5.74) is 11.8. The number of esters is 1. The molecule has 1 unspecified atom stereocenters. The summed E-state index contributed by atoms with van der Waals surface area (Å²) < 4.78 is 19.4. The second kappa shape index (κ2) is 22.1. The lowest BCUT2D eigenvalue weighted by Crippen LogP contribution is -2.62. The van der Waals surface area contributed by atoms with Gasteiger partial charge in [0.2, 0.25) is 5.91 Å². The van der Waals surface area contributed by atoms with Gasteiger partial charge in [-0.05, 0) is 128 Å². The van der Waals surface area contributed by atoms with Gasteiger partial charge in [-0.3, -0.25) is 29.3 Å². The standard InChI is InChI=1S/C55H68N8O6/c1-8-62-49-21-16-40-28-44(49)45(51(62)46-31-56-23-22-41(46)33-67-6)29-55(4,5)34-69-54(66)47-15-11-25-63(60-47)53(65)48(27-37-12-9-14-39(40)26-37)59-52(64)50(36(2)3)61-24-10-13-38(32-61)30-57-35-58-42-17-19-43(68-7)20-18-42/h9,12,14,16-23,26,28,31,36,38,47-48,50,60H,8,10-11,13,15,24-25,27,29-30,32-34H2,1-7H3,(H,59,64)/t38-,47-,48-,50?/m0/s1. The summed E-state index contributed by atoms with van der Waals surface area (Å²) in [6.07, 6.45) is 7.63. The molecule has 2 saturated heterocycles. The zero-order valence-electron chi connectivity index (χ0n) is 41.3. The Hall–Kier alpha value is -6.18. The third-order valence-corrected chi connectivity index (χ3v) is 13.8. The van der Waals surface area contributed by atoms with Crippen molar-refractivity contribution in [2.75, 3.05) is 47.0 Å². The molecule has 2 fully saturated rings. The van der Waals surface area contributed by atoms with Crippen molar-refractivity contribution in [3.63, 3.8) is 0 Å². The average Bonchev–Trinajstić information content (AvgIpc) is 3.65. The molecule has 4 atom stereocenters. The molecule has 3 aliphatic rings. The number of likely N-dealkylation sites (tertiary alicyclic amines) is 1. The van der Waals surface area contributed by atoms with Crippen LogP contribution in [0.3, 0.4) is 0 Å². The molecule has 5 aromatic rings. The minimum atomic E-state index is -0.913. The number of carbonyl (C=O) groups excluding carboxylic acids is 3. The SMILES string of the molecule is CCn1c(-c2cnccc2COC)c2c3cc(ccc31)-c1cccc(c1)C[C@H](NC(=O)C(C(C)C)N1CCC[C@@H](CN=C=Nc3ccc(OC)cc3)C1)C(=O)N1CCC[C@H](N1)C(=O)OCC(C)(C)C2. The lowest BCUT2D eigenvalue weighted by molar-refractivity contribution is -0.155. The summed E-state index contributed by atoms with van der Waals surface area (Å²) in [7, 11) is 3.34. The Morgan fingerprint density at radius 2 is 1.81 bits per heavy atom. The molecule has 0 radical (unpaired) electrons. The van der Waals surface area contributed by atoms with E-state index < -0.39 is 29.5 Å². The van der Waals surface area contributed by atoms with Crippen molar-refractivity contribution in [3.8, 4) is 28.1 Å². The number of nitrogens with zero attached hydrogens (tertiary/aromatic N) is 6. The summed E-state index contributed by atoms with van der Waals surface area (Å²) in [6, 6.07) is 25.1. The van der Waals surface area contributed by atoms with Gasteiger partial charge in [-0.2, -0.15) is 4.99 Å². The van der Waals surface area contributed by atoms with E-state index in [0.29, 0.717) is 45.5 Å². The van der Waals surface area contributed by atoms with Crippen molar-refractivity contribution in [1.82, 2.24) is 30.2 Å². The number of aromatic nitrogens is 2. The fourth-order valence-corrected chi connectivity index (χ4v) is 10.4. The number of rotatable bonds is 12. The molecule has 0 spiro atoms. The fraction of sp³-hybridized carbons (Fsp3) is 0.473. The molecule has 3 aliphatic heterocycles. The minimum absolute atomic E-state index is 0.0364. The number of pyridine rings is 1. The number of methoxy groups -OCH3 is 2. The maximum atomic E-state index is 14.8. The number of nitrogens with one attached hydrogen (secondary N) is 2. The number of carbonyl (C=O) groups is 3. The van der Waals surface area contributed by atoms with E-state index >= 15 is 0 Å². The highest BCUT2D eigenvalue weighted by Gasteiger charge is 2.38. The summed E-state index contributed by atoms with van der Waals surface area (Å²) in [5, 5.41) is 5.89. The van der Waals surface area contributed by atoms with Gasteiger partial charge in [-0.25, -0.2) is 10.4 Å². The second-order valence-corrected chi connectivity index (χ2v) is 19.9. The van der Waals surface area contributed by atoms with Crippen LogP contribution in [-0.2, 0) is 49.9 Å². The highest BCUT2D eigenvalue weighted by atomic mass is 16.5. The lowest BCUT2D eigenvalue weighted by atomic mass is 9.84. The molecule has 14 heteroatoms. The Balaban J connectivity index is 1.11. The average molecular weight is 937 g/mol. The van der Waals surface area contributed by atoms with E-state index in [1.807, 2.05) is 48.7 Å². The number of ether oxygens (including phenoxy) is 3. The van der Waals surface area contributed by atoms with E-state index in [4.69, 9.17) is 14.2 Å². The van der Waals surface area contributed by atoms with Crippen LogP contribution < -0.4 is 15.5 Å². The van der Waals surface area contributed by atoms with Gasteiger partial charge in [-0.1, -0.05) is 58.0 Å². The van der Waals surface area contributed by atoms with Crippen LogP contribution in [0.1, 0.15) is 77.0 Å². The molecule has 3 aromatic carbocycles. The Morgan fingerprint density at radius 1 is 1.01 bits per heavy atom. The fourth-order valence-electron chi connectivity index (χ4n) is 10.4. The molecule has 0 saturated carbocycles. The molecule has 69 heavy (non-hydrogen) atoms. The number of cyclic esters (lactones) is 1. The maximum Gasteiger partial charge on any atom is 0.324 e. The van der Waals surface area contributed by atoms with Crippen molar-refractivity contribution in [3.05, 3.63) is 102 Å². The Labute approximate surface area is 406 Å². The van der Waals surface area contributed by atoms with E-state index in [2.05, 4.69) is 106 Å². The quantitative estimate of drug-likeness (QED) is 0.0928. The predicted octanol–water partition coefficient (Wildman–Crippen LogP) is 8.44. The van der Waals surface area contributed by atoms with E-state index in [1.165, 1.54) is 5.01 Å². The van der Waals surface area contributed by atoms with Gasteiger partial charge in [-0.15, -0.1) is 0 Å². The summed E-state index contributed by atoms with van der Waals surface area (Å²) in [4.78, 5) is 59.2. The lowest BCUT2D eigenvalue weighted by Gasteiger charge is -2.40. The number of aliphatic imine (C=N–C) groups is 2. The summed E-state index contributed by atoms with van der Waals surface area (Å²) in [6.45, 7) is 14.3. The highest BCUT2D eigenvalue weighted by molar-refractivity contribution is 5.95. The molecular formula is C55H68N8O6. The van der Waals surface area contributed by atoms with Crippen molar-refractivity contribution in [1.29, 1.82) is 0 Å². The maximum absolute atomic E-state index is 14.8. The van der Waals surface area contributed by atoms with E-state index in [9.17, 15) is 14.4 Å². The third kappa shape index (κ3) is 11.5. The van der Waals surface area contributed by atoms with Gasteiger partial charge in [0.15, 0.2) is 0 Å². The second-order valence-electron chi connectivity index (χ2n) is 19.9. The van der Waals surface area contributed by atoms with Crippen LogP contribution in [0.25, 0.3) is 33.3 Å². The number of hydrogen-bond acceptors (Lipinski definition) is 11. The molecule has 364 valence electrons. The van der Waals surface area contributed by atoms with Crippen LogP contribution in [-0.4, -0.2) is 108 Å². The largest absolute Gasteiger partial charge is 0.497 e. The van der Waals surface area contributed by atoms with Crippen molar-refractivity contribution >= 4 is 40.4 Å². The Kier molecular flexibility index (Phi) is 15.7. The number of benzene rings is 3. The highest BCUT2D eigenvalue weighted by Crippen LogP contribution is 2.41. The monoisotopic (exact) mass is 937 g/mol. The van der Waals surface area contributed by atoms with Crippen molar-refractivity contribution in [2.45, 2.75) is 104 Å². The molecule has 8 rings (SSSR count). The predicted molar refractivity (Wildman–Crippen MR) is 269 cm³/mol. The van der Waals surface area contributed by atoms with Gasteiger partial charge < -0.3 is 24.1 Å². The Bertz CT molecular complexity index is 2690. The van der Waals surface area contributed by atoms with Crippen LogP contribution in [0.4, 0.5) is 5.69 Å². The van der Waals surface area contributed by atoms with Crippen LogP contribution >= 0.6 is 0 Å². The number of hydrazine groups is 1. The first-order chi connectivity index (χ1) is 33.4. The van der Waals surface area contributed by atoms with Crippen LogP contribution in [0.5, 0.6) is 5.75 Å². The smallest absolute Gasteiger partial charge is 0.324 e. The van der Waals surface area contributed by atoms with Crippen LogP contribution in [0, 0.1) is 17.3 Å². The first kappa shape index (κ1) is 49.2. The normalized spacial score (nSPS) is 20.4. The van der Waals surface area contributed by atoms with Gasteiger partial charge in [0.1, 0.15) is 17.8 Å². The van der Waals surface area contributed by atoms with Gasteiger partial charge in [0, 0.05) is 67.4 Å². The van der Waals surface area contributed by atoms with E-state index in [0.717, 1.165) is 87.3 Å². The summed E-state index contributed by atoms with van der Waals surface area (Å²) >= 11 is 0. The van der Waals surface area contributed by atoms with Gasteiger partial charge in [0.05, 0.1) is 50.3 Å². The molecule has 2 aromatic heterocycles. The number of hydrogen-bond donors (Lipinski definition) is 2. The third-order valence-electron chi connectivity index (χ3n) is 13.8. The molecule has 5 heterocycles.